The van der Waals surface area contributed by atoms with Crippen molar-refractivity contribution >= 4 is 34.0 Å². The number of carbonyl (C=O) groups excluding carboxylic acids is 1. The fourth-order valence-corrected chi connectivity index (χ4v) is 4.50. The van der Waals surface area contributed by atoms with E-state index in [0.717, 1.165) is 92.5 Å². The summed E-state index contributed by atoms with van der Waals surface area (Å²) >= 11 is 0. The molecule has 0 unspecified atom stereocenters. The highest BCUT2D eigenvalue weighted by atomic mass is 16.5. The minimum Gasteiger partial charge on any atom is -0.382 e. The second kappa shape index (κ2) is 11.9. The molecular weight excluding hydrogens is 402 g/mol. The number of fused-ring (bicyclic) bond motifs is 3. The van der Waals surface area contributed by atoms with Gasteiger partial charge in [0.05, 0.1) is 11.0 Å². The highest BCUT2D eigenvalue weighted by Gasteiger charge is 2.19. The molecule has 0 saturated carbocycles. The van der Waals surface area contributed by atoms with Gasteiger partial charge < -0.3 is 24.7 Å². The van der Waals surface area contributed by atoms with Crippen molar-refractivity contribution in [2.75, 3.05) is 32.5 Å². The molecule has 7 nitrogen and oxygen atoms in total. The molecule has 0 spiro atoms. The first-order valence-electron chi connectivity index (χ1n) is 11.8. The molecule has 32 heavy (non-hydrogen) atoms. The van der Waals surface area contributed by atoms with Gasteiger partial charge >= 0.3 is 0 Å². The molecule has 174 valence electrons. The van der Waals surface area contributed by atoms with Crippen LogP contribution in [0.15, 0.2) is 24.3 Å². The number of hydrogen-bond acceptors (Lipinski definition) is 6. The fraction of sp³-hybridized carbons (Fsp3) is 0.560. The standard InChI is InChI=1S/C23H33N5O.C2H4O/c1-3-8-20-26-21-22(18-9-4-5-10-19(18)25-23(21)24)28(20)14-7-6-13-27(2)17-11-15-29-16-12-17;1-2-3/h4-5,9-10,17H,3,6-8,11-16H2,1-2H3,(H2,24,25);2H,1H3. The Labute approximate surface area is 191 Å². The van der Waals surface area contributed by atoms with E-state index >= 15 is 0 Å². The Hall–Kier alpha value is -2.51. The highest BCUT2D eigenvalue weighted by molar-refractivity contribution is 6.06. The van der Waals surface area contributed by atoms with Crippen molar-refractivity contribution in [3.63, 3.8) is 0 Å². The van der Waals surface area contributed by atoms with Crippen LogP contribution < -0.4 is 5.73 Å². The van der Waals surface area contributed by atoms with Gasteiger partial charge in [-0.1, -0.05) is 25.1 Å². The van der Waals surface area contributed by atoms with Crippen molar-refractivity contribution < 1.29 is 9.53 Å². The number of nitrogen functional groups attached to an aromatic ring is 1. The molecule has 3 heterocycles. The molecule has 1 fully saturated rings. The summed E-state index contributed by atoms with van der Waals surface area (Å²) in [6, 6.07) is 8.92. The number of anilines is 1. The van der Waals surface area contributed by atoms with E-state index in [2.05, 4.69) is 40.6 Å². The van der Waals surface area contributed by atoms with Crippen molar-refractivity contribution in [2.45, 2.75) is 65.0 Å². The van der Waals surface area contributed by atoms with E-state index in [0.29, 0.717) is 11.9 Å². The van der Waals surface area contributed by atoms with Crippen molar-refractivity contribution in [3.8, 4) is 0 Å². The van der Waals surface area contributed by atoms with Crippen LogP contribution in [0, 0.1) is 0 Å². The third-order valence-corrected chi connectivity index (χ3v) is 6.12. The third-order valence-electron chi connectivity index (χ3n) is 6.12. The number of carbonyl (C=O) groups is 1. The molecule has 0 aliphatic carbocycles. The van der Waals surface area contributed by atoms with Gasteiger partial charge in [-0.2, -0.15) is 0 Å². The van der Waals surface area contributed by atoms with E-state index in [9.17, 15) is 0 Å². The minimum absolute atomic E-state index is 0.536. The van der Waals surface area contributed by atoms with E-state index in [4.69, 9.17) is 20.2 Å². The topological polar surface area (TPSA) is 86.3 Å². The Bertz CT molecular complexity index is 1010. The molecule has 0 radical (unpaired) electrons. The van der Waals surface area contributed by atoms with Gasteiger partial charge in [-0.15, -0.1) is 0 Å². The van der Waals surface area contributed by atoms with Crippen LogP contribution in [0.1, 0.15) is 51.8 Å². The zero-order valence-electron chi connectivity index (χ0n) is 19.7. The number of para-hydroxylation sites is 1. The molecule has 2 aromatic heterocycles. The number of hydrogen-bond donors (Lipinski definition) is 1. The number of imidazole rings is 1. The van der Waals surface area contributed by atoms with Gasteiger partial charge in [0.2, 0.25) is 0 Å². The Morgan fingerprint density at radius 1 is 1.22 bits per heavy atom. The second-order valence-corrected chi connectivity index (χ2v) is 8.41. The van der Waals surface area contributed by atoms with Gasteiger partial charge in [-0.05, 0) is 58.7 Å². The maximum absolute atomic E-state index is 8.81. The molecule has 1 aliphatic heterocycles. The summed E-state index contributed by atoms with van der Waals surface area (Å²) in [5, 5.41) is 1.14. The molecule has 0 amide bonds. The lowest BCUT2D eigenvalue weighted by molar-refractivity contribution is -0.106. The largest absolute Gasteiger partial charge is 0.382 e. The minimum atomic E-state index is 0.536. The van der Waals surface area contributed by atoms with Crippen LogP contribution in [0.4, 0.5) is 5.82 Å². The number of aromatic nitrogens is 3. The number of aldehydes is 1. The van der Waals surface area contributed by atoms with E-state index in [-0.39, 0.29) is 0 Å². The average molecular weight is 440 g/mol. The first-order valence-corrected chi connectivity index (χ1v) is 11.8. The maximum atomic E-state index is 8.81. The van der Waals surface area contributed by atoms with Crippen LogP contribution in [0.25, 0.3) is 21.9 Å². The number of ether oxygens (including phenoxy) is 1. The van der Waals surface area contributed by atoms with Crippen molar-refractivity contribution in [2.24, 2.45) is 0 Å². The lowest BCUT2D eigenvalue weighted by Gasteiger charge is -2.31. The summed E-state index contributed by atoms with van der Waals surface area (Å²) in [4.78, 5) is 20.8. The number of benzene rings is 1. The molecule has 1 saturated heterocycles. The predicted octanol–water partition coefficient (Wildman–Crippen LogP) is 4.22. The molecule has 0 atom stereocenters. The molecule has 0 bridgehead atoms. The molecule has 2 N–H and O–H groups in total. The molecule has 1 aliphatic rings. The normalized spacial score (nSPS) is 14.6. The van der Waals surface area contributed by atoms with Crippen LogP contribution in [0.5, 0.6) is 0 Å². The summed E-state index contributed by atoms with van der Waals surface area (Å²) in [6.07, 6.45) is 7.40. The summed E-state index contributed by atoms with van der Waals surface area (Å²) < 4.78 is 7.89. The van der Waals surface area contributed by atoms with Gasteiger partial charge in [0, 0.05) is 37.6 Å². The lowest BCUT2D eigenvalue weighted by atomic mass is 10.1. The quantitative estimate of drug-likeness (QED) is 0.418. The molecular formula is C25H37N5O2. The van der Waals surface area contributed by atoms with Gasteiger partial charge in [0.15, 0.2) is 5.82 Å². The second-order valence-electron chi connectivity index (χ2n) is 8.41. The van der Waals surface area contributed by atoms with Crippen LogP contribution in [0.2, 0.25) is 0 Å². The number of rotatable bonds is 8. The lowest BCUT2D eigenvalue weighted by Crippen LogP contribution is -2.37. The van der Waals surface area contributed by atoms with Gasteiger partial charge in [0.25, 0.3) is 0 Å². The Morgan fingerprint density at radius 3 is 2.66 bits per heavy atom. The number of nitrogens with zero attached hydrogens (tertiary/aromatic N) is 4. The van der Waals surface area contributed by atoms with Crippen LogP contribution in [-0.4, -0.2) is 58.6 Å². The number of unbranched alkanes of at least 4 members (excludes halogenated alkanes) is 1. The number of nitrogens with two attached hydrogens (primary N) is 1. The van der Waals surface area contributed by atoms with Crippen molar-refractivity contribution in [1.82, 2.24) is 19.4 Å². The zero-order chi connectivity index (χ0) is 22.9. The van der Waals surface area contributed by atoms with Crippen LogP contribution in [-0.2, 0) is 22.5 Å². The van der Waals surface area contributed by atoms with Crippen LogP contribution in [0.3, 0.4) is 0 Å². The van der Waals surface area contributed by atoms with Crippen molar-refractivity contribution in [3.05, 3.63) is 30.1 Å². The third kappa shape index (κ3) is 5.64. The SMILES string of the molecule is CC=O.CCCc1nc2c(N)nc3ccccc3c2n1CCCCN(C)C1CCOCC1. The van der Waals surface area contributed by atoms with E-state index < -0.39 is 0 Å². The zero-order valence-corrected chi connectivity index (χ0v) is 19.7. The smallest absolute Gasteiger partial charge is 0.152 e. The Kier molecular flexibility index (Phi) is 9.00. The number of aryl methyl sites for hydroxylation is 2. The molecule has 4 rings (SSSR count). The summed E-state index contributed by atoms with van der Waals surface area (Å²) in [7, 11) is 2.25. The Morgan fingerprint density at radius 2 is 1.94 bits per heavy atom. The van der Waals surface area contributed by atoms with Gasteiger partial charge in [0.1, 0.15) is 17.6 Å². The van der Waals surface area contributed by atoms with E-state index in [1.165, 1.54) is 13.3 Å². The monoisotopic (exact) mass is 439 g/mol. The van der Waals surface area contributed by atoms with Crippen LogP contribution >= 0.6 is 0 Å². The molecule has 3 aromatic rings. The fourth-order valence-electron chi connectivity index (χ4n) is 4.50. The first kappa shape index (κ1) is 24.1. The maximum Gasteiger partial charge on any atom is 0.152 e. The summed E-state index contributed by atoms with van der Waals surface area (Å²) in [5.74, 6) is 1.67. The summed E-state index contributed by atoms with van der Waals surface area (Å²) in [5.41, 5.74) is 9.22. The number of pyridine rings is 1. The Balaban J connectivity index is 0.000000913. The average Bonchev–Trinajstić information content (AvgIpc) is 3.17. The van der Waals surface area contributed by atoms with Gasteiger partial charge in [-0.3, -0.25) is 0 Å². The van der Waals surface area contributed by atoms with Gasteiger partial charge in [-0.25, -0.2) is 9.97 Å². The first-order chi connectivity index (χ1) is 15.6. The molecule has 7 heteroatoms. The van der Waals surface area contributed by atoms with E-state index in [1.54, 1.807) is 0 Å². The van der Waals surface area contributed by atoms with Crippen molar-refractivity contribution in [1.29, 1.82) is 0 Å². The predicted molar refractivity (Wildman–Crippen MR) is 131 cm³/mol. The van der Waals surface area contributed by atoms with E-state index in [1.807, 2.05) is 12.1 Å². The summed E-state index contributed by atoms with van der Waals surface area (Å²) in [6.45, 7) is 7.55. The molecule has 1 aromatic carbocycles. The highest BCUT2D eigenvalue weighted by Crippen LogP contribution is 2.29.